The molecule has 0 aliphatic heterocycles. The van der Waals surface area contributed by atoms with Gasteiger partial charge >= 0.3 is 0 Å². The van der Waals surface area contributed by atoms with Gasteiger partial charge in [0.05, 0.1) is 11.0 Å². The minimum atomic E-state index is -1.45. The van der Waals surface area contributed by atoms with Crippen LogP contribution < -0.4 is 9.84 Å². The van der Waals surface area contributed by atoms with Crippen molar-refractivity contribution in [2.45, 2.75) is 25.9 Å². The summed E-state index contributed by atoms with van der Waals surface area (Å²) in [6, 6.07) is 9.58. The maximum atomic E-state index is 14.1. The van der Waals surface area contributed by atoms with Crippen LogP contribution in [0.2, 0.25) is 10.0 Å². The highest BCUT2D eigenvalue weighted by molar-refractivity contribution is 6.31. The molecule has 3 aromatic rings. The molecule has 0 saturated carbocycles. The maximum Gasteiger partial charge on any atom is 0.221 e. The molecule has 0 atom stereocenters. The normalized spacial score (nSPS) is 13.5. The Kier molecular flexibility index (Phi) is 6.44. The molecule has 0 saturated heterocycles. The molecule has 1 aromatic heterocycles. The number of aromatic nitrogens is 1. The molecule has 0 N–H and O–H groups in total. The number of allylic oxidation sites excluding steroid dienone is 2. The van der Waals surface area contributed by atoms with Gasteiger partial charge in [-0.3, -0.25) is 0 Å². The summed E-state index contributed by atoms with van der Waals surface area (Å²) in [6.45, 7) is -0.0813. The molecule has 0 radical (unpaired) electrons. The summed E-state index contributed by atoms with van der Waals surface area (Å²) < 4.78 is 34.0. The zero-order valence-electron chi connectivity index (χ0n) is 16.6. The zero-order valence-corrected chi connectivity index (χ0v) is 18.1. The zero-order chi connectivity index (χ0) is 22.8. The van der Waals surface area contributed by atoms with Gasteiger partial charge in [-0.2, -0.15) is 0 Å². The van der Waals surface area contributed by atoms with Gasteiger partial charge in [-0.1, -0.05) is 29.3 Å². The van der Waals surface area contributed by atoms with Crippen LogP contribution in [0.4, 0.5) is 8.78 Å². The van der Waals surface area contributed by atoms with Crippen molar-refractivity contribution in [3.63, 3.8) is 0 Å². The topological polar surface area (TPSA) is 62.2 Å². The molecule has 164 valence electrons. The van der Waals surface area contributed by atoms with Gasteiger partial charge in [0.25, 0.3) is 0 Å². The van der Waals surface area contributed by atoms with Crippen molar-refractivity contribution in [1.82, 2.24) is 4.98 Å². The van der Waals surface area contributed by atoms with E-state index in [0.717, 1.165) is 23.6 Å². The average molecular weight is 475 g/mol. The first-order valence-electron chi connectivity index (χ1n) is 9.79. The number of rotatable bonds is 6. The highest BCUT2D eigenvalue weighted by Crippen LogP contribution is 2.43. The molecule has 2 aromatic carbocycles. The molecule has 1 aliphatic rings. The molecular weight excluding hydrogens is 459 g/mol. The van der Waals surface area contributed by atoms with Crippen LogP contribution in [0, 0.1) is 11.6 Å². The van der Waals surface area contributed by atoms with Crippen LogP contribution in [0.5, 0.6) is 5.88 Å². The minimum absolute atomic E-state index is 0.0813. The van der Waals surface area contributed by atoms with Crippen LogP contribution in [-0.4, -0.2) is 11.0 Å². The Morgan fingerprint density at radius 2 is 1.81 bits per heavy atom. The first-order valence-corrected chi connectivity index (χ1v) is 10.5. The van der Waals surface area contributed by atoms with E-state index in [0.29, 0.717) is 34.6 Å². The van der Waals surface area contributed by atoms with Gasteiger partial charge < -0.3 is 14.6 Å². The Bertz CT molecular complexity index is 1240. The van der Waals surface area contributed by atoms with E-state index < -0.39 is 17.6 Å². The van der Waals surface area contributed by atoms with Crippen molar-refractivity contribution in [2.24, 2.45) is 0 Å². The van der Waals surface area contributed by atoms with Crippen molar-refractivity contribution in [3.8, 4) is 5.88 Å². The van der Waals surface area contributed by atoms with E-state index >= 15 is 0 Å². The summed E-state index contributed by atoms with van der Waals surface area (Å²) in [4.78, 5) is 15.5. The van der Waals surface area contributed by atoms with E-state index in [2.05, 4.69) is 4.98 Å². The fraction of sp³-hybridized carbons (Fsp3) is 0.167. The Balaban J connectivity index is 1.74. The number of pyridine rings is 1. The number of halogens is 4. The number of carboxylic acids is 1. The van der Waals surface area contributed by atoms with Crippen LogP contribution in [0.1, 0.15) is 46.3 Å². The van der Waals surface area contributed by atoms with Gasteiger partial charge in [0, 0.05) is 27.9 Å². The summed E-state index contributed by atoms with van der Waals surface area (Å²) in [6.07, 6.45) is 3.45. The summed E-state index contributed by atoms with van der Waals surface area (Å²) in [5.74, 6) is -2.37. The smallest absolute Gasteiger partial charge is 0.221 e. The number of carbonyl (C=O) groups excluding carboxylic acids is 1. The summed E-state index contributed by atoms with van der Waals surface area (Å²) in [5, 5.41) is 11.9. The third-order valence-corrected chi connectivity index (χ3v) is 5.66. The SMILES string of the molecule is O=C([O-])c1cc(F)cc(C2=C(c3cc(Cl)cnc3OCc3ccc(Cl)cc3F)CCC2)c1. The standard InChI is InChI=1S/C24H17Cl2F2NO3/c25-16-5-4-13(22(28)10-16)12-32-23-21(9-17(26)11-29-23)20-3-1-2-19(20)14-6-15(24(30)31)8-18(27)7-14/h4-11H,1-3,12H2,(H,30,31)/p-1. The molecule has 0 fully saturated rings. The lowest BCUT2D eigenvalue weighted by Crippen LogP contribution is -2.22. The number of hydrogen-bond donors (Lipinski definition) is 0. The number of benzene rings is 2. The number of aromatic carboxylic acids is 1. The molecule has 1 heterocycles. The summed E-state index contributed by atoms with van der Waals surface area (Å²) >= 11 is 12.0. The highest BCUT2D eigenvalue weighted by Gasteiger charge is 2.23. The Morgan fingerprint density at radius 1 is 1.03 bits per heavy atom. The van der Waals surface area contributed by atoms with Gasteiger partial charge in [0.15, 0.2) is 0 Å². The molecule has 0 unspecified atom stereocenters. The first kappa shape index (κ1) is 22.2. The van der Waals surface area contributed by atoms with E-state index in [1.165, 1.54) is 30.5 Å². The van der Waals surface area contributed by atoms with Crippen LogP contribution in [0.15, 0.2) is 48.7 Å². The average Bonchev–Trinajstić information content (AvgIpc) is 3.23. The number of hydrogen-bond acceptors (Lipinski definition) is 4. The van der Waals surface area contributed by atoms with Crippen molar-refractivity contribution in [2.75, 3.05) is 0 Å². The predicted octanol–water partition coefficient (Wildman–Crippen LogP) is 5.70. The van der Waals surface area contributed by atoms with Crippen molar-refractivity contribution < 1.29 is 23.4 Å². The van der Waals surface area contributed by atoms with Gasteiger partial charge in [0.1, 0.15) is 18.2 Å². The predicted molar refractivity (Wildman–Crippen MR) is 116 cm³/mol. The van der Waals surface area contributed by atoms with E-state index in [1.54, 1.807) is 12.1 Å². The number of nitrogens with zero attached hydrogens (tertiary/aromatic N) is 1. The highest BCUT2D eigenvalue weighted by atomic mass is 35.5. The van der Waals surface area contributed by atoms with Crippen LogP contribution in [0.25, 0.3) is 11.1 Å². The van der Waals surface area contributed by atoms with Crippen LogP contribution in [-0.2, 0) is 6.61 Å². The first-order chi connectivity index (χ1) is 15.3. The molecule has 1 aliphatic carbocycles. The van der Waals surface area contributed by atoms with Gasteiger partial charge in [0.2, 0.25) is 5.88 Å². The number of carboxylic acid groups (broad SMARTS) is 1. The van der Waals surface area contributed by atoms with E-state index in [1.807, 2.05) is 0 Å². The van der Waals surface area contributed by atoms with Crippen molar-refractivity contribution in [3.05, 3.63) is 92.6 Å². The van der Waals surface area contributed by atoms with Gasteiger partial charge in [-0.05, 0) is 72.4 Å². The quantitative estimate of drug-likeness (QED) is 0.459. The fourth-order valence-electron chi connectivity index (χ4n) is 3.78. The third kappa shape index (κ3) is 4.76. The molecule has 0 bridgehead atoms. The second-order valence-corrected chi connectivity index (χ2v) is 8.23. The minimum Gasteiger partial charge on any atom is -0.545 e. The lowest BCUT2D eigenvalue weighted by atomic mass is 9.96. The van der Waals surface area contributed by atoms with E-state index in [4.69, 9.17) is 27.9 Å². The van der Waals surface area contributed by atoms with Crippen molar-refractivity contribution in [1.29, 1.82) is 0 Å². The second-order valence-electron chi connectivity index (χ2n) is 7.36. The molecular formula is C24H16Cl2F2NO3-. The lowest BCUT2D eigenvalue weighted by Gasteiger charge is -2.15. The Morgan fingerprint density at radius 3 is 2.56 bits per heavy atom. The Hall–Kier alpha value is -2.96. The monoisotopic (exact) mass is 474 g/mol. The van der Waals surface area contributed by atoms with Gasteiger partial charge in [-0.25, -0.2) is 13.8 Å². The Labute approximate surface area is 193 Å². The van der Waals surface area contributed by atoms with Crippen molar-refractivity contribution >= 4 is 40.3 Å². The third-order valence-electron chi connectivity index (χ3n) is 5.22. The van der Waals surface area contributed by atoms with Gasteiger partial charge in [-0.15, -0.1) is 0 Å². The van der Waals surface area contributed by atoms with E-state index in [-0.39, 0.29) is 23.1 Å². The summed E-state index contributed by atoms with van der Waals surface area (Å²) in [5.41, 5.74) is 2.71. The number of carbonyl (C=O) groups is 1. The van der Waals surface area contributed by atoms with E-state index in [9.17, 15) is 18.7 Å². The summed E-state index contributed by atoms with van der Waals surface area (Å²) in [7, 11) is 0. The molecule has 0 spiro atoms. The second kappa shape index (κ2) is 9.27. The molecule has 4 rings (SSSR count). The fourth-order valence-corrected chi connectivity index (χ4v) is 4.10. The lowest BCUT2D eigenvalue weighted by molar-refractivity contribution is -0.255. The van der Waals surface area contributed by atoms with Crippen LogP contribution in [0.3, 0.4) is 0 Å². The molecule has 32 heavy (non-hydrogen) atoms. The number of ether oxygens (including phenoxy) is 1. The largest absolute Gasteiger partial charge is 0.545 e. The molecule has 4 nitrogen and oxygen atoms in total. The van der Waals surface area contributed by atoms with Crippen LogP contribution >= 0.6 is 23.2 Å². The molecule has 0 amide bonds. The molecule has 8 heteroatoms. The maximum absolute atomic E-state index is 14.1.